The van der Waals surface area contributed by atoms with E-state index in [2.05, 4.69) is 6.92 Å². The van der Waals surface area contributed by atoms with E-state index in [1.165, 1.54) is 122 Å². The van der Waals surface area contributed by atoms with Gasteiger partial charge >= 0.3 is 0 Å². The van der Waals surface area contributed by atoms with E-state index in [1.807, 2.05) is 0 Å². The van der Waals surface area contributed by atoms with Crippen LogP contribution in [0, 0.1) is 35.5 Å². The summed E-state index contributed by atoms with van der Waals surface area (Å²) >= 11 is 0. The van der Waals surface area contributed by atoms with Gasteiger partial charge in [0, 0.05) is 0 Å². The lowest BCUT2D eigenvalue weighted by Crippen LogP contribution is -2.30. The molecule has 0 spiro atoms. The Labute approximate surface area is 188 Å². The van der Waals surface area contributed by atoms with E-state index >= 15 is 0 Å². The van der Waals surface area contributed by atoms with Crippen molar-refractivity contribution in [1.82, 2.24) is 0 Å². The molecule has 3 aliphatic rings. The summed E-state index contributed by atoms with van der Waals surface area (Å²) in [5, 5.41) is 0. The largest absolute Gasteiger partial charge is 0.251 e. The smallest absolute Gasteiger partial charge is 0.0922 e. The number of rotatable bonds is 12. The Morgan fingerprint density at radius 1 is 0.467 bits per heavy atom. The normalized spacial score (nSPS) is 35.4. The predicted octanol–water partition coefficient (Wildman–Crippen LogP) is 9.91. The van der Waals surface area contributed by atoms with E-state index in [4.69, 9.17) is 0 Å². The monoisotopic (exact) mass is 420 g/mol. The van der Waals surface area contributed by atoms with Crippen molar-refractivity contribution in [2.24, 2.45) is 35.5 Å². The Kier molecular flexibility index (Phi) is 11.6. The molecule has 0 aliphatic heterocycles. The second-order valence-electron chi connectivity index (χ2n) is 11.7. The third kappa shape index (κ3) is 8.12. The molecule has 3 fully saturated rings. The van der Waals surface area contributed by atoms with Crippen LogP contribution < -0.4 is 0 Å². The quantitative estimate of drug-likeness (QED) is 0.275. The molecule has 0 aromatic carbocycles. The predicted molar refractivity (Wildman–Crippen MR) is 130 cm³/mol. The van der Waals surface area contributed by atoms with Crippen LogP contribution in [-0.4, -0.2) is 6.67 Å². The second-order valence-corrected chi connectivity index (χ2v) is 11.7. The summed E-state index contributed by atoms with van der Waals surface area (Å²) in [7, 11) is 0. The maximum Gasteiger partial charge on any atom is 0.0922 e. The third-order valence-electron chi connectivity index (χ3n) is 9.62. The van der Waals surface area contributed by atoms with Crippen molar-refractivity contribution >= 4 is 0 Å². The second kappa shape index (κ2) is 14.2. The van der Waals surface area contributed by atoms with Crippen LogP contribution in [-0.2, 0) is 0 Å². The van der Waals surface area contributed by atoms with E-state index in [1.54, 1.807) is 12.8 Å². The van der Waals surface area contributed by atoms with Crippen molar-refractivity contribution in [3.05, 3.63) is 0 Å². The van der Waals surface area contributed by atoms with Gasteiger partial charge in [0.1, 0.15) is 0 Å². The summed E-state index contributed by atoms with van der Waals surface area (Å²) < 4.78 is 12.9. The van der Waals surface area contributed by atoms with Crippen LogP contribution in [0.1, 0.15) is 142 Å². The first-order valence-electron chi connectivity index (χ1n) is 14.4. The Morgan fingerprint density at radius 3 is 1.27 bits per heavy atom. The number of hydrogen-bond acceptors (Lipinski definition) is 0. The first-order chi connectivity index (χ1) is 14.8. The zero-order valence-electron chi connectivity index (χ0n) is 20.4. The summed E-state index contributed by atoms with van der Waals surface area (Å²) in [5.41, 5.74) is 0. The summed E-state index contributed by atoms with van der Waals surface area (Å²) in [5.74, 6) is 5.49. The van der Waals surface area contributed by atoms with Crippen molar-refractivity contribution in [2.45, 2.75) is 142 Å². The number of halogens is 1. The molecule has 3 saturated carbocycles. The fraction of sp³-hybridized carbons (Fsp3) is 1.00. The van der Waals surface area contributed by atoms with E-state index in [9.17, 15) is 4.39 Å². The van der Waals surface area contributed by atoms with Crippen LogP contribution in [0.15, 0.2) is 0 Å². The Bertz CT molecular complexity index is 408. The van der Waals surface area contributed by atoms with Crippen LogP contribution in [0.4, 0.5) is 4.39 Å². The first kappa shape index (κ1) is 24.6. The third-order valence-corrected chi connectivity index (χ3v) is 9.62. The van der Waals surface area contributed by atoms with Crippen molar-refractivity contribution in [3.8, 4) is 0 Å². The molecule has 0 aromatic heterocycles. The molecule has 0 nitrogen and oxygen atoms in total. The van der Waals surface area contributed by atoms with Crippen LogP contribution in [0.3, 0.4) is 0 Å². The van der Waals surface area contributed by atoms with Crippen molar-refractivity contribution in [1.29, 1.82) is 0 Å². The molecule has 3 rings (SSSR count). The summed E-state index contributed by atoms with van der Waals surface area (Å²) in [6, 6.07) is 0. The summed E-state index contributed by atoms with van der Waals surface area (Å²) in [4.78, 5) is 0. The highest BCUT2D eigenvalue weighted by atomic mass is 19.1. The van der Waals surface area contributed by atoms with Gasteiger partial charge in [-0.15, -0.1) is 0 Å². The molecule has 0 atom stereocenters. The van der Waals surface area contributed by atoms with E-state index < -0.39 is 0 Å². The maximum atomic E-state index is 12.9. The number of unbranched alkanes of at least 4 members (excludes halogenated alkanes) is 7. The average molecular weight is 421 g/mol. The number of alkyl halides is 1. The SMILES string of the molecule is CCCCCCCCCCC1CCC(C2CCC(C3CCC(CF)CC3)CC2)CC1. The summed E-state index contributed by atoms with van der Waals surface area (Å²) in [6.07, 6.45) is 30.4. The molecular weight excluding hydrogens is 367 g/mol. The Morgan fingerprint density at radius 2 is 0.833 bits per heavy atom. The molecule has 30 heavy (non-hydrogen) atoms. The first-order valence-corrected chi connectivity index (χ1v) is 14.4. The van der Waals surface area contributed by atoms with Crippen LogP contribution in [0.5, 0.6) is 0 Å². The van der Waals surface area contributed by atoms with Gasteiger partial charge in [0.25, 0.3) is 0 Å². The molecule has 0 saturated heterocycles. The van der Waals surface area contributed by atoms with Gasteiger partial charge in [-0.25, -0.2) is 0 Å². The zero-order chi connectivity index (χ0) is 21.0. The van der Waals surface area contributed by atoms with Gasteiger partial charge in [-0.05, 0) is 99.7 Å². The van der Waals surface area contributed by atoms with Crippen LogP contribution in [0.2, 0.25) is 0 Å². The molecule has 0 unspecified atom stereocenters. The van der Waals surface area contributed by atoms with Crippen molar-refractivity contribution in [3.63, 3.8) is 0 Å². The highest BCUT2D eigenvalue weighted by Gasteiger charge is 2.34. The summed E-state index contributed by atoms with van der Waals surface area (Å²) in [6.45, 7) is 2.24. The molecule has 0 radical (unpaired) electrons. The van der Waals surface area contributed by atoms with Crippen LogP contribution in [0.25, 0.3) is 0 Å². The topological polar surface area (TPSA) is 0 Å². The molecule has 0 heterocycles. The van der Waals surface area contributed by atoms with Crippen LogP contribution >= 0.6 is 0 Å². The van der Waals surface area contributed by atoms with Gasteiger partial charge in [0.15, 0.2) is 0 Å². The van der Waals surface area contributed by atoms with Gasteiger partial charge < -0.3 is 0 Å². The molecule has 3 aliphatic carbocycles. The van der Waals surface area contributed by atoms with Gasteiger partial charge in [-0.3, -0.25) is 4.39 Å². The molecule has 0 amide bonds. The Hall–Kier alpha value is -0.0700. The van der Waals surface area contributed by atoms with Gasteiger partial charge in [-0.1, -0.05) is 77.6 Å². The standard InChI is InChI=1S/C29H53F/c1-2-3-4-5-6-7-8-9-10-24-11-15-26(16-12-24)28-19-21-29(22-20-28)27-17-13-25(23-30)14-18-27/h24-29H,2-23H2,1H3. The highest BCUT2D eigenvalue weighted by molar-refractivity contribution is 4.85. The highest BCUT2D eigenvalue weighted by Crippen LogP contribution is 2.46. The minimum absolute atomic E-state index is 0.0683. The van der Waals surface area contributed by atoms with Crippen molar-refractivity contribution in [2.75, 3.05) is 6.67 Å². The molecule has 176 valence electrons. The molecule has 0 N–H and O–H groups in total. The minimum atomic E-state index is -0.0683. The minimum Gasteiger partial charge on any atom is -0.251 e. The average Bonchev–Trinajstić information content (AvgIpc) is 2.81. The van der Waals surface area contributed by atoms with E-state index in [0.717, 1.165) is 29.6 Å². The fourth-order valence-corrected chi connectivity index (χ4v) is 7.42. The molecule has 0 bridgehead atoms. The molecular formula is C29H53F. The zero-order valence-corrected chi connectivity index (χ0v) is 20.4. The Balaban J connectivity index is 1.21. The fourth-order valence-electron chi connectivity index (χ4n) is 7.42. The molecule has 1 heteroatoms. The van der Waals surface area contributed by atoms with E-state index in [0.29, 0.717) is 5.92 Å². The van der Waals surface area contributed by atoms with Gasteiger partial charge in [0.05, 0.1) is 6.67 Å². The lowest BCUT2D eigenvalue weighted by molar-refractivity contribution is 0.0998. The van der Waals surface area contributed by atoms with Gasteiger partial charge in [0.2, 0.25) is 0 Å². The number of hydrogen-bond donors (Lipinski definition) is 0. The maximum absolute atomic E-state index is 12.9. The molecule has 0 aromatic rings. The van der Waals surface area contributed by atoms with Crippen molar-refractivity contribution < 1.29 is 4.39 Å². The lowest BCUT2D eigenvalue weighted by Gasteiger charge is -2.41. The van der Waals surface area contributed by atoms with Gasteiger partial charge in [-0.2, -0.15) is 0 Å². The lowest BCUT2D eigenvalue weighted by atomic mass is 9.65. The van der Waals surface area contributed by atoms with E-state index in [-0.39, 0.29) is 6.67 Å².